The van der Waals surface area contributed by atoms with Crippen LogP contribution in [0.1, 0.15) is 19.4 Å². The number of hydrogen-bond donors (Lipinski definition) is 0. The number of nitrogens with zero attached hydrogens (tertiary/aromatic N) is 4. The lowest BCUT2D eigenvalue weighted by atomic mass is 10.1. The number of rotatable bonds is 5. The molecule has 0 unspecified atom stereocenters. The largest absolute Gasteiger partial charge is 0.486 e. The van der Waals surface area contributed by atoms with Crippen molar-refractivity contribution in [2.45, 2.75) is 20.5 Å². The molecule has 0 spiro atoms. The third kappa shape index (κ3) is 3.25. The first kappa shape index (κ1) is 19.4. The molecule has 0 amide bonds. The second kappa shape index (κ2) is 7.47. The first-order chi connectivity index (χ1) is 13.9. The molecule has 9 heteroatoms. The molecular formula is C20H21F3N4O2. The van der Waals surface area contributed by atoms with E-state index in [1.54, 1.807) is 18.4 Å². The minimum atomic E-state index is -1.24. The lowest BCUT2D eigenvalue weighted by Crippen LogP contribution is -2.42. The highest BCUT2D eigenvalue weighted by molar-refractivity contribution is 5.82. The predicted octanol–water partition coefficient (Wildman–Crippen LogP) is 3.46. The zero-order valence-electron chi connectivity index (χ0n) is 16.4. The monoisotopic (exact) mass is 406 g/mol. The van der Waals surface area contributed by atoms with Crippen LogP contribution >= 0.6 is 0 Å². The molecule has 0 aliphatic carbocycles. The molecule has 29 heavy (non-hydrogen) atoms. The van der Waals surface area contributed by atoms with Crippen molar-refractivity contribution < 1.29 is 22.7 Å². The Bertz CT molecular complexity index is 971. The quantitative estimate of drug-likeness (QED) is 0.701. The van der Waals surface area contributed by atoms with Gasteiger partial charge in [-0.2, -0.15) is 0 Å². The van der Waals surface area contributed by atoms with E-state index in [1.165, 1.54) is 0 Å². The van der Waals surface area contributed by atoms with Crippen LogP contribution in [-0.4, -0.2) is 47.9 Å². The van der Waals surface area contributed by atoms with E-state index < -0.39 is 29.6 Å². The number of halogens is 3. The van der Waals surface area contributed by atoms with E-state index in [0.29, 0.717) is 24.7 Å². The topological polar surface area (TPSA) is 40.5 Å². The molecule has 6 nitrogen and oxygen atoms in total. The Morgan fingerprint density at radius 1 is 1.17 bits per heavy atom. The van der Waals surface area contributed by atoms with Gasteiger partial charge in [-0.3, -0.25) is 4.84 Å². The van der Waals surface area contributed by atoms with Gasteiger partial charge in [0.2, 0.25) is 0 Å². The van der Waals surface area contributed by atoms with Crippen LogP contribution in [0.2, 0.25) is 0 Å². The average molecular weight is 406 g/mol. The number of aliphatic imine (C=N–C) groups is 1. The van der Waals surface area contributed by atoms with Gasteiger partial charge in [0.05, 0.1) is 30.8 Å². The van der Waals surface area contributed by atoms with Crippen molar-refractivity contribution in [2.24, 2.45) is 4.99 Å². The van der Waals surface area contributed by atoms with E-state index in [9.17, 15) is 13.2 Å². The van der Waals surface area contributed by atoms with Gasteiger partial charge < -0.3 is 14.5 Å². The number of likely N-dealkylation sites (N-methyl/N-ethyl adjacent to an activating group) is 1. The highest BCUT2D eigenvalue weighted by atomic mass is 19.2. The van der Waals surface area contributed by atoms with Gasteiger partial charge in [-0.1, -0.05) is 0 Å². The summed E-state index contributed by atoms with van der Waals surface area (Å²) in [5, 5.41) is 1.67. The summed E-state index contributed by atoms with van der Waals surface area (Å²) in [7, 11) is 1.58. The van der Waals surface area contributed by atoms with Crippen LogP contribution in [0.3, 0.4) is 0 Å². The van der Waals surface area contributed by atoms with E-state index in [4.69, 9.17) is 9.57 Å². The molecule has 3 aliphatic rings. The summed E-state index contributed by atoms with van der Waals surface area (Å²) in [6.07, 6.45) is 3.53. The number of hydrogen-bond acceptors (Lipinski definition) is 6. The highest BCUT2D eigenvalue weighted by Crippen LogP contribution is 2.37. The van der Waals surface area contributed by atoms with Crippen molar-refractivity contribution in [2.75, 3.05) is 26.9 Å². The van der Waals surface area contributed by atoms with Crippen molar-refractivity contribution in [3.05, 3.63) is 69.9 Å². The molecule has 0 radical (unpaired) electrons. The molecule has 0 aromatic heterocycles. The van der Waals surface area contributed by atoms with Crippen LogP contribution in [0.5, 0.6) is 0 Å². The van der Waals surface area contributed by atoms with Gasteiger partial charge in [0.1, 0.15) is 36.4 Å². The minimum absolute atomic E-state index is 0.437. The molecule has 0 saturated carbocycles. The Morgan fingerprint density at radius 3 is 2.66 bits per heavy atom. The molecule has 3 heterocycles. The van der Waals surface area contributed by atoms with E-state index in [1.807, 2.05) is 24.9 Å². The van der Waals surface area contributed by atoms with Crippen molar-refractivity contribution in [3.63, 3.8) is 0 Å². The molecule has 3 aliphatic heterocycles. The Kier molecular flexibility index (Phi) is 4.99. The van der Waals surface area contributed by atoms with Gasteiger partial charge in [-0.15, -0.1) is 0 Å². The van der Waals surface area contributed by atoms with Crippen LogP contribution < -0.4 is 0 Å². The van der Waals surface area contributed by atoms with Crippen LogP contribution in [0.25, 0.3) is 0 Å². The Morgan fingerprint density at radius 2 is 1.93 bits per heavy atom. The second-order valence-electron chi connectivity index (χ2n) is 6.89. The first-order valence-electron chi connectivity index (χ1n) is 9.23. The van der Waals surface area contributed by atoms with E-state index >= 15 is 0 Å². The summed E-state index contributed by atoms with van der Waals surface area (Å²) in [6.45, 7) is 5.27. The maximum absolute atomic E-state index is 14.0. The smallest absolute Gasteiger partial charge is 0.168 e. The number of allylic oxidation sites excluding steroid dienone is 1. The zero-order chi connectivity index (χ0) is 20.7. The van der Waals surface area contributed by atoms with Gasteiger partial charge >= 0.3 is 0 Å². The molecule has 0 saturated heterocycles. The fourth-order valence-corrected chi connectivity index (χ4v) is 3.61. The lowest BCUT2D eigenvalue weighted by molar-refractivity contribution is -0.0972. The molecular weight excluding hydrogens is 385 g/mol. The van der Waals surface area contributed by atoms with E-state index in [-0.39, 0.29) is 0 Å². The van der Waals surface area contributed by atoms with Crippen LogP contribution in [-0.2, 0) is 16.2 Å². The maximum atomic E-state index is 14.0. The molecule has 4 rings (SSSR count). The Hall–Kier alpha value is -2.94. The van der Waals surface area contributed by atoms with Crippen molar-refractivity contribution in [1.82, 2.24) is 14.9 Å². The van der Waals surface area contributed by atoms with Gasteiger partial charge in [-0.05, 0) is 31.6 Å². The molecule has 154 valence electrons. The number of benzene rings is 1. The average Bonchev–Trinajstić information content (AvgIpc) is 3.15. The van der Waals surface area contributed by atoms with Crippen molar-refractivity contribution >= 4 is 6.21 Å². The minimum Gasteiger partial charge on any atom is -0.486 e. The third-order valence-corrected chi connectivity index (χ3v) is 5.11. The van der Waals surface area contributed by atoms with E-state index in [2.05, 4.69) is 9.89 Å². The zero-order valence-corrected chi connectivity index (χ0v) is 16.4. The standard InChI is InChI=1S/C20H21F3N4O2/c1-4-25-8-12(2)19(29-10-14-15(21)5-6-16(22)17(14)23)18-20(25)27-11-26(28-3)9-13(27)7-24-18/h5-7,9H,4,8,10-11H2,1-3H3. The molecule has 0 bridgehead atoms. The van der Waals surface area contributed by atoms with Crippen LogP contribution in [0, 0.1) is 17.5 Å². The van der Waals surface area contributed by atoms with Crippen molar-refractivity contribution in [3.8, 4) is 0 Å². The van der Waals surface area contributed by atoms with Crippen molar-refractivity contribution in [1.29, 1.82) is 0 Å². The van der Waals surface area contributed by atoms with Crippen LogP contribution in [0.15, 0.2) is 51.9 Å². The summed E-state index contributed by atoms with van der Waals surface area (Å²) in [4.78, 5) is 14.0. The third-order valence-electron chi connectivity index (χ3n) is 5.11. The maximum Gasteiger partial charge on any atom is 0.168 e. The molecule has 0 fully saturated rings. The van der Waals surface area contributed by atoms with Gasteiger partial charge in [0, 0.05) is 13.1 Å². The second-order valence-corrected chi connectivity index (χ2v) is 6.89. The predicted molar refractivity (Wildman–Crippen MR) is 100 cm³/mol. The first-order valence-corrected chi connectivity index (χ1v) is 9.23. The normalized spacial score (nSPS) is 18.4. The summed E-state index contributed by atoms with van der Waals surface area (Å²) < 4.78 is 47.3. The van der Waals surface area contributed by atoms with Gasteiger partial charge in [0.15, 0.2) is 11.6 Å². The number of fused-ring (bicyclic) bond motifs is 2. The Balaban J connectivity index is 1.67. The number of ether oxygens (including phenoxy) is 1. The SMILES string of the molecule is CCN1CC(C)=C(OCc2c(F)ccc(F)c2F)C2=C1N1CN(OC)C=C1C=N2. The highest BCUT2D eigenvalue weighted by Gasteiger charge is 2.36. The van der Waals surface area contributed by atoms with E-state index in [0.717, 1.165) is 35.8 Å². The fraction of sp³-hybridized carbons (Fsp3) is 0.350. The summed E-state index contributed by atoms with van der Waals surface area (Å²) >= 11 is 0. The number of hydroxylamine groups is 2. The summed E-state index contributed by atoms with van der Waals surface area (Å²) in [5.74, 6) is -1.93. The molecule has 0 N–H and O–H groups in total. The molecule has 0 atom stereocenters. The Labute approximate surface area is 166 Å². The van der Waals surface area contributed by atoms with Crippen LogP contribution in [0.4, 0.5) is 13.2 Å². The molecule has 1 aromatic rings. The van der Waals surface area contributed by atoms with Gasteiger partial charge in [0.25, 0.3) is 0 Å². The van der Waals surface area contributed by atoms with Gasteiger partial charge in [-0.25, -0.2) is 23.2 Å². The lowest BCUT2D eigenvalue weighted by Gasteiger charge is -2.40. The summed E-state index contributed by atoms with van der Waals surface area (Å²) in [6, 6.07) is 1.65. The molecule has 1 aromatic carbocycles. The fourth-order valence-electron chi connectivity index (χ4n) is 3.61. The summed E-state index contributed by atoms with van der Waals surface area (Å²) in [5.41, 5.74) is 1.86.